The number of rotatable bonds is 4. The van der Waals surface area contributed by atoms with Crippen molar-refractivity contribution < 1.29 is 0 Å². The molecule has 1 aliphatic carbocycles. The van der Waals surface area contributed by atoms with Crippen molar-refractivity contribution in [3.8, 4) is 39.7 Å². The Morgan fingerprint density at radius 3 is 2.03 bits per heavy atom. The van der Waals surface area contributed by atoms with E-state index in [0.717, 1.165) is 46.7 Å². The average Bonchev–Trinajstić information content (AvgIpc) is 3.32. The highest BCUT2D eigenvalue weighted by Gasteiger charge is 2.21. The number of aromatic nitrogens is 4. The van der Waals surface area contributed by atoms with Crippen LogP contribution in [-0.2, 0) is 12.8 Å². The van der Waals surface area contributed by atoms with Crippen molar-refractivity contribution in [2.75, 3.05) is 0 Å². The van der Waals surface area contributed by atoms with Crippen LogP contribution in [0.25, 0.3) is 50.6 Å². The van der Waals surface area contributed by atoms with Gasteiger partial charge in [0.25, 0.3) is 0 Å². The average molecular weight is 479 g/mol. The Labute approximate surface area is 216 Å². The fraction of sp³-hybridized carbons (Fsp3) is 0.121. The Morgan fingerprint density at radius 2 is 1.27 bits per heavy atom. The van der Waals surface area contributed by atoms with Crippen LogP contribution < -0.4 is 0 Å². The van der Waals surface area contributed by atoms with Crippen LogP contribution in [0.5, 0.6) is 0 Å². The summed E-state index contributed by atoms with van der Waals surface area (Å²) in [6, 6.07) is 35.5. The first-order valence-corrected chi connectivity index (χ1v) is 12.9. The number of aryl methyl sites for hydroxylation is 1. The molecule has 4 heteroatoms. The molecule has 0 aliphatic heterocycles. The van der Waals surface area contributed by atoms with Gasteiger partial charge in [-0.3, -0.25) is 4.57 Å². The zero-order valence-electron chi connectivity index (χ0n) is 20.5. The third-order valence-corrected chi connectivity index (χ3v) is 7.28. The lowest BCUT2D eigenvalue weighted by Crippen LogP contribution is -2.08. The van der Waals surface area contributed by atoms with Gasteiger partial charge in [0.15, 0.2) is 5.82 Å². The summed E-state index contributed by atoms with van der Waals surface area (Å²) in [6.45, 7) is 0. The van der Waals surface area contributed by atoms with Crippen LogP contribution in [0.15, 0.2) is 109 Å². The zero-order chi connectivity index (χ0) is 24.6. The van der Waals surface area contributed by atoms with Crippen LogP contribution in [0.4, 0.5) is 0 Å². The van der Waals surface area contributed by atoms with E-state index in [1.54, 1.807) is 0 Å². The molecule has 1 aliphatic rings. The molecule has 4 nitrogen and oxygen atoms in total. The lowest BCUT2D eigenvalue weighted by Gasteiger charge is -2.16. The second-order valence-electron chi connectivity index (χ2n) is 9.58. The lowest BCUT2D eigenvalue weighted by atomic mass is 9.95. The normalized spacial score (nSPS) is 13.0. The molecule has 3 heterocycles. The van der Waals surface area contributed by atoms with E-state index < -0.39 is 0 Å². The summed E-state index contributed by atoms with van der Waals surface area (Å²) < 4.78 is 2.36. The third-order valence-electron chi connectivity index (χ3n) is 7.28. The molecule has 0 amide bonds. The molecule has 0 N–H and O–H groups in total. The molecule has 0 radical (unpaired) electrons. The third kappa shape index (κ3) is 3.91. The van der Waals surface area contributed by atoms with Gasteiger partial charge in [-0.2, -0.15) is 0 Å². The quantitative estimate of drug-likeness (QED) is 0.261. The molecule has 7 rings (SSSR count). The molecule has 0 saturated carbocycles. The standard InChI is InChI=1S/C33H26N4/c1-3-11-23(12-4-1)28-21-29(36-33(35-28)24-13-5-2-6-14-24)25-19-20-32(34-22-25)37-30-17-9-7-15-26(30)27-16-8-10-18-31(27)37/h1-7,9,11-15,17,19-22H,8,10,16,18H2. The number of para-hydroxylation sites is 1. The Hall–Kier alpha value is -4.57. The Kier molecular flexibility index (Phi) is 5.36. The summed E-state index contributed by atoms with van der Waals surface area (Å²) in [5, 5.41) is 1.36. The molecule has 0 bridgehead atoms. The first kappa shape index (κ1) is 21.7. The number of fused-ring (bicyclic) bond motifs is 3. The van der Waals surface area contributed by atoms with Gasteiger partial charge in [0, 0.05) is 34.0 Å². The molecular weight excluding hydrogens is 452 g/mol. The molecule has 6 aromatic rings. The largest absolute Gasteiger partial charge is 0.298 e. The fourth-order valence-corrected chi connectivity index (χ4v) is 5.50. The van der Waals surface area contributed by atoms with E-state index in [9.17, 15) is 0 Å². The first-order valence-electron chi connectivity index (χ1n) is 12.9. The van der Waals surface area contributed by atoms with Crippen LogP contribution >= 0.6 is 0 Å². The Balaban J connectivity index is 1.34. The molecule has 37 heavy (non-hydrogen) atoms. The Morgan fingerprint density at radius 1 is 0.595 bits per heavy atom. The minimum atomic E-state index is 0.714. The van der Waals surface area contributed by atoms with Crippen LogP contribution in [-0.4, -0.2) is 19.5 Å². The summed E-state index contributed by atoms with van der Waals surface area (Å²) in [5.74, 6) is 1.68. The number of hydrogen-bond acceptors (Lipinski definition) is 3. The van der Waals surface area contributed by atoms with Crippen molar-refractivity contribution in [2.24, 2.45) is 0 Å². The highest BCUT2D eigenvalue weighted by Crippen LogP contribution is 2.34. The smallest absolute Gasteiger partial charge is 0.160 e. The van der Waals surface area contributed by atoms with E-state index >= 15 is 0 Å². The molecule has 0 unspecified atom stereocenters. The van der Waals surface area contributed by atoms with Gasteiger partial charge in [-0.25, -0.2) is 15.0 Å². The summed E-state index contributed by atoms with van der Waals surface area (Å²) in [4.78, 5) is 14.8. The van der Waals surface area contributed by atoms with Crippen molar-refractivity contribution in [3.63, 3.8) is 0 Å². The van der Waals surface area contributed by atoms with Crippen LogP contribution in [0, 0.1) is 0 Å². The predicted molar refractivity (Wildman–Crippen MR) is 150 cm³/mol. The van der Waals surface area contributed by atoms with Gasteiger partial charge in [-0.15, -0.1) is 0 Å². The maximum absolute atomic E-state index is 4.96. The summed E-state index contributed by atoms with van der Waals surface area (Å²) in [6.07, 6.45) is 6.68. The van der Waals surface area contributed by atoms with Crippen LogP contribution in [0.2, 0.25) is 0 Å². The van der Waals surface area contributed by atoms with Gasteiger partial charge in [0.2, 0.25) is 0 Å². The lowest BCUT2D eigenvalue weighted by molar-refractivity contribution is 0.664. The molecule has 3 aromatic heterocycles. The zero-order valence-corrected chi connectivity index (χ0v) is 20.5. The molecule has 0 atom stereocenters. The SMILES string of the molecule is c1ccc(-c2cc(-c3ccc(-n4c5c(c6ccccc64)CCCC5)nc3)nc(-c3ccccc3)n2)cc1. The van der Waals surface area contributed by atoms with E-state index in [1.807, 2.05) is 42.6 Å². The minimum Gasteiger partial charge on any atom is -0.298 e. The fourth-order valence-electron chi connectivity index (χ4n) is 5.50. The molecule has 0 saturated heterocycles. The predicted octanol–water partition coefficient (Wildman–Crippen LogP) is 7.70. The van der Waals surface area contributed by atoms with Crippen molar-refractivity contribution >= 4 is 10.9 Å². The van der Waals surface area contributed by atoms with Crippen LogP contribution in [0.1, 0.15) is 24.1 Å². The van der Waals surface area contributed by atoms with Crippen molar-refractivity contribution in [3.05, 3.63) is 121 Å². The highest BCUT2D eigenvalue weighted by atomic mass is 15.1. The maximum Gasteiger partial charge on any atom is 0.160 e. The van der Waals surface area contributed by atoms with E-state index in [4.69, 9.17) is 15.0 Å². The number of hydrogen-bond donors (Lipinski definition) is 0. The topological polar surface area (TPSA) is 43.6 Å². The monoisotopic (exact) mass is 478 g/mol. The number of pyridine rings is 1. The van der Waals surface area contributed by atoms with Gasteiger partial charge < -0.3 is 0 Å². The van der Waals surface area contributed by atoms with Crippen molar-refractivity contribution in [1.29, 1.82) is 0 Å². The maximum atomic E-state index is 4.96. The van der Waals surface area contributed by atoms with Crippen molar-refractivity contribution in [1.82, 2.24) is 19.5 Å². The van der Waals surface area contributed by atoms with Gasteiger partial charge in [0.05, 0.1) is 16.9 Å². The van der Waals surface area contributed by atoms with Gasteiger partial charge in [-0.05, 0) is 55.5 Å². The molecule has 0 spiro atoms. The summed E-state index contributed by atoms with van der Waals surface area (Å²) in [7, 11) is 0. The van der Waals surface area contributed by atoms with E-state index in [-0.39, 0.29) is 0 Å². The highest BCUT2D eigenvalue weighted by molar-refractivity contribution is 5.87. The van der Waals surface area contributed by atoms with Crippen molar-refractivity contribution in [2.45, 2.75) is 25.7 Å². The van der Waals surface area contributed by atoms with Crippen LogP contribution in [0.3, 0.4) is 0 Å². The molecule has 0 fully saturated rings. The minimum absolute atomic E-state index is 0.714. The number of nitrogens with zero attached hydrogens (tertiary/aromatic N) is 4. The first-order chi connectivity index (χ1) is 18.3. The van der Waals surface area contributed by atoms with Gasteiger partial charge >= 0.3 is 0 Å². The van der Waals surface area contributed by atoms with Gasteiger partial charge in [-0.1, -0.05) is 78.9 Å². The number of benzene rings is 3. The summed E-state index contributed by atoms with van der Waals surface area (Å²) >= 11 is 0. The van der Waals surface area contributed by atoms with E-state index in [2.05, 4.69) is 71.3 Å². The summed E-state index contributed by atoms with van der Waals surface area (Å²) in [5.41, 5.74) is 8.95. The van der Waals surface area contributed by atoms with Gasteiger partial charge in [0.1, 0.15) is 5.82 Å². The van der Waals surface area contributed by atoms with E-state index in [0.29, 0.717) is 5.82 Å². The molecule has 178 valence electrons. The second kappa shape index (κ2) is 9.14. The molecular formula is C33H26N4. The Bertz CT molecular complexity index is 1640. The second-order valence-corrected chi connectivity index (χ2v) is 9.58. The van der Waals surface area contributed by atoms with E-state index in [1.165, 1.54) is 35.0 Å². The molecule has 3 aromatic carbocycles.